The normalized spacial score (nSPS) is 14.9. The van der Waals surface area contributed by atoms with E-state index in [4.69, 9.17) is 17.0 Å². The third-order valence-electron chi connectivity index (χ3n) is 4.73. The molecule has 0 aromatic heterocycles. The van der Waals surface area contributed by atoms with E-state index in [0.29, 0.717) is 27.1 Å². The highest BCUT2D eigenvalue weighted by Crippen LogP contribution is 2.33. The number of thioether (sulfide) groups is 1. The summed E-state index contributed by atoms with van der Waals surface area (Å²) in [6.07, 6.45) is 1.80. The Hall–Kier alpha value is -3.22. The molecule has 3 aromatic carbocycles. The van der Waals surface area contributed by atoms with E-state index < -0.39 is 5.97 Å². The van der Waals surface area contributed by atoms with Crippen LogP contribution >= 0.6 is 24.0 Å². The van der Waals surface area contributed by atoms with E-state index in [1.807, 2.05) is 37.3 Å². The summed E-state index contributed by atoms with van der Waals surface area (Å²) in [6.45, 7) is 2.48. The van der Waals surface area contributed by atoms with Crippen LogP contribution in [0.3, 0.4) is 0 Å². The molecule has 1 heterocycles. The molecule has 0 radical (unpaired) electrons. The van der Waals surface area contributed by atoms with Gasteiger partial charge in [0.05, 0.1) is 17.0 Å². The van der Waals surface area contributed by atoms with E-state index in [2.05, 4.69) is 0 Å². The van der Waals surface area contributed by atoms with E-state index in [1.54, 1.807) is 59.5 Å². The third kappa shape index (κ3) is 5.10. The average Bonchev–Trinajstić information content (AvgIpc) is 3.04. The number of thiocarbonyl (C=S) groups is 1. The van der Waals surface area contributed by atoms with Crippen molar-refractivity contribution < 1.29 is 14.3 Å². The van der Waals surface area contributed by atoms with Crippen LogP contribution in [0.25, 0.3) is 6.08 Å². The Labute approximate surface area is 190 Å². The van der Waals surface area contributed by atoms with Gasteiger partial charge in [0.15, 0.2) is 0 Å². The fourth-order valence-corrected chi connectivity index (χ4v) is 4.29. The maximum Gasteiger partial charge on any atom is 0.343 e. The molecule has 154 valence electrons. The highest BCUT2D eigenvalue weighted by molar-refractivity contribution is 8.26. The predicted octanol–water partition coefficient (Wildman–Crippen LogP) is 5.62. The summed E-state index contributed by atoms with van der Waals surface area (Å²) in [6, 6.07) is 23.9. The minimum atomic E-state index is -0.412. The van der Waals surface area contributed by atoms with E-state index in [-0.39, 0.29) is 5.91 Å². The fraction of sp³-hybridized carbons (Fsp3) is 0.0800. The van der Waals surface area contributed by atoms with Gasteiger partial charge in [-0.05, 0) is 48.4 Å². The first kappa shape index (κ1) is 21.0. The van der Waals surface area contributed by atoms with Gasteiger partial charge in [-0.15, -0.1) is 0 Å². The summed E-state index contributed by atoms with van der Waals surface area (Å²) in [7, 11) is 0. The van der Waals surface area contributed by atoms with Gasteiger partial charge >= 0.3 is 5.97 Å². The van der Waals surface area contributed by atoms with E-state index >= 15 is 0 Å². The number of esters is 1. The summed E-state index contributed by atoms with van der Waals surface area (Å²) in [5, 5.41) is 0. The van der Waals surface area contributed by atoms with Gasteiger partial charge in [-0.1, -0.05) is 84.1 Å². The van der Waals surface area contributed by atoms with Crippen LogP contribution in [0.15, 0.2) is 83.8 Å². The van der Waals surface area contributed by atoms with E-state index in [1.165, 1.54) is 17.3 Å². The molecule has 1 amide bonds. The number of rotatable bonds is 5. The second kappa shape index (κ2) is 9.29. The second-order valence-corrected chi connectivity index (χ2v) is 8.75. The lowest BCUT2D eigenvalue weighted by Crippen LogP contribution is -2.27. The van der Waals surface area contributed by atoms with Crippen LogP contribution < -0.4 is 4.74 Å². The van der Waals surface area contributed by atoms with Crippen molar-refractivity contribution in [2.45, 2.75) is 13.5 Å². The molecule has 1 fully saturated rings. The maximum absolute atomic E-state index is 12.8. The second-order valence-electron chi connectivity index (χ2n) is 7.08. The first-order valence-corrected chi connectivity index (χ1v) is 10.9. The van der Waals surface area contributed by atoms with Crippen molar-refractivity contribution in [3.63, 3.8) is 0 Å². The van der Waals surface area contributed by atoms with Crippen molar-refractivity contribution in [1.29, 1.82) is 0 Å². The fourth-order valence-electron chi connectivity index (χ4n) is 3.04. The Morgan fingerprint density at radius 2 is 1.68 bits per heavy atom. The van der Waals surface area contributed by atoms with Gasteiger partial charge in [0.2, 0.25) is 0 Å². The highest BCUT2D eigenvalue weighted by atomic mass is 32.2. The lowest BCUT2D eigenvalue weighted by molar-refractivity contribution is -0.122. The molecule has 6 heteroatoms. The Balaban J connectivity index is 1.43. The van der Waals surface area contributed by atoms with Crippen molar-refractivity contribution in [2.75, 3.05) is 0 Å². The molecule has 0 aliphatic carbocycles. The molecular formula is C25H19NO3S2. The summed E-state index contributed by atoms with van der Waals surface area (Å²) >= 11 is 6.71. The van der Waals surface area contributed by atoms with Crippen LogP contribution in [0.4, 0.5) is 0 Å². The van der Waals surface area contributed by atoms with Crippen LogP contribution in [0, 0.1) is 6.92 Å². The van der Waals surface area contributed by atoms with Crippen LogP contribution in [0.2, 0.25) is 0 Å². The maximum atomic E-state index is 12.8. The first-order valence-electron chi connectivity index (χ1n) is 9.68. The van der Waals surface area contributed by atoms with E-state index in [9.17, 15) is 9.59 Å². The molecule has 3 aromatic rings. The number of ether oxygens (including phenoxy) is 1. The van der Waals surface area contributed by atoms with Crippen molar-refractivity contribution >= 4 is 46.3 Å². The van der Waals surface area contributed by atoms with Crippen LogP contribution in [0.1, 0.15) is 27.0 Å². The van der Waals surface area contributed by atoms with Crippen molar-refractivity contribution in [3.8, 4) is 5.75 Å². The molecule has 4 rings (SSSR count). The summed E-state index contributed by atoms with van der Waals surface area (Å²) < 4.78 is 5.94. The monoisotopic (exact) mass is 445 g/mol. The zero-order valence-electron chi connectivity index (χ0n) is 16.8. The number of carbonyl (C=O) groups is 2. The summed E-state index contributed by atoms with van der Waals surface area (Å²) in [4.78, 5) is 27.2. The van der Waals surface area contributed by atoms with Gasteiger partial charge in [0, 0.05) is 0 Å². The van der Waals surface area contributed by atoms with Crippen LogP contribution in [0.5, 0.6) is 5.75 Å². The van der Waals surface area contributed by atoms with Gasteiger partial charge in [0.25, 0.3) is 5.91 Å². The summed E-state index contributed by atoms with van der Waals surface area (Å²) in [5.74, 6) is -0.0709. The SMILES string of the molecule is Cc1ccc(CN2C(=O)C(=Cc3ccc(OC(=O)c4ccccc4)cc3)SC2=S)cc1. The van der Waals surface area contributed by atoms with Gasteiger partial charge in [-0.3, -0.25) is 9.69 Å². The molecule has 1 aliphatic heterocycles. The van der Waals surface area contributed by atoms with Crippen molar-refractivity contribution in [1.82, 2.24) is 4.90 Å². The Bertz CT molecular complexity index is 1150. The van der Waals surface area contributed by atoms with Gasteiger partial charge in [-0.2, -0.15) is 0 Å². The summed E-state index contributed by atoms with van der Waals surface area (Å²) in [5.41, 5.74) is 3.53. The lowest BCUT2D eigenvalue weighted by atomic mass is 10.1. The highest BCUT2D eigenvalue weighted by Gasteiger charge is 2.31. The van der Waals surface area contributed by atoms with Crippen molar-refractivity contribution in [3.05, 3.63) is 106 Å². The molecule has 0 atom stereocenters. The van der Waals surface area contributed by atoms with Gasteiger partial charge in [-0.25, -0.2) is 4.79 Å². The lowest BCUT2D eigenvalue weighted by Gasteiger charge is -2.14. The number of amides is 1. The molecule has 1 saturated heterocycles. The van der Waals surface area contributed by atoms with Gasteiger partial charge < -0.3 is 4.74 Å². The smallest absolute Gasteiger partial charge is 0.343 e. The average molecular weight is 446 g/mol. The zero-order valence-corrected chi connectivity index (χ0v) is 18.4. The largest absolute Gasteiger partial charge is 0.423 e. The number of hydrogen-bond donors (Lipinski definition) is 0. The Morgan fingerprint density at radius 1 is 1.00 bits per heavy atom. The Kier molecular flexibility index (Phi) is 6.30. The number of hydrogen-bond acceptors (Lipinski definition) is 5. The minimum absolute atomic E-state index is 0.102. The number of aryl methyl sites for hydroxylation is 1. The number of carbonyl (C=O) groups excluding carboxylic acids is 2. The molecule has 0 spiro atoms. The molecule has 0 unspecified atom stereocenters. The van der Waals surface area contributed by atoms with E-state index in [0.717, 1.165) is 11.1 Å². The molecule has 0 bridgehead atoms. The zero-order chi connectivity index (χ0) is 21.8. The molecule has 0 saturated carbocycles. The standard InChI is InChI=1S/C25H19NO3S2/c1-17-7-9-19(10-8-17)16-26-23(27)22(31-25(26)30)15-18-11-13-21(14-12-18)29-24(28)20-5-3-2-4-6-20/h2-15H,16H2,1H3. The molecule has 4 nitrogen and oxygen atoms in total. The van der Waals surface area contributed by atoms with Gasteiger partial charge in [0.1, 0.15) is 10.1 Å². The molecule has 0 N–H and O–H groups in total. The minimum Gasteiger partial charge on any atom is -0.423 e. The van der Waals surface area contributed by atoms with Crippen LogP contribution in [-0.2, 0) is 11.3 Å². The molecular weight excluding hydrogens is 426 g/mol. The Morgan fingerprint density at radius 3 is 2.35 bits per heavy atom. The first-order chi connectivity index (χ1) is 15.0. The third-order valence-corrected chi connectivity index (χ3v) is 6.11. The number of nitrogens with zero attached hydrogens (tertiary/aromatic N) is 1. The number of benzene rings is 3. The van der Waals surface area contributed by atoms with Crippen molar-refractivity contribution in [2.24, 2.45) is 0 Å². The molecule has 31 heavy (non-hydrogen) atoms. The topological polar surface area (TPSA) is 46.6 Å². The quantitative estimate of drug-likeness (QED) is 0.221. The van der Waals surface area contributed by atoms with Crippen LogP contribution in [-0.4, -0.2) is 21.1 Å². The molecule has 1 aliphatic rings. The predicted molar refractivity (Wildman–Crippen MR) is 128 cm³/mol.